The largest absolute Gasteiger partial charge is 0.372 e. The molecule has 1 aliphatic heterocycles. The van der Waals surface area contributed by atoms with E-state index in [9.17, 15) is 4.79 Å². The van der Waals surface area contributed by atoms with Crippen LogP contribution in [0, 0.1) is 0 Å². The minimum atomic E-state index is -0.498. The molecular weight excluding hydrogens is 230 g/mol. The highest BCUT2D eigenvalue weighted by atomic mass is 16.2. The summed E-state index contributed by atoms with van der Waals surface area (Å²) >= 11 is 0. The monoisotopic (exact) mass is 249 g/mol. The lowest BCUT2D eigenvalue weighted by atomic mass is 9.99. The van der Waals surface area contributed by atoms with E-state index in [1.54, 1.807) is 12.4 Å². The highest BCUT2D eigenvalue weighted by Crippen LogP contribution is 2.19. The maximum absolute atomic E-state index is 11.8. The van der Waals surface area contributed by atoms with Crippen molar-refractivity contribution in [2.45, 2.75) is 25.9 Å². The second-order valence-corrected chi connectivity index (χ2v) is 4.88. The van der Waals surface area contributed by atoms with Crippen LogP contribution < -0.4 is 10.6 Å². The van der Waals surface area contributed by atoms with Crippen molar-refractivity contribution in [2.75, 3.05) is 25.5 Å². The Kier molecular flexibility index (Phi) is 3.47. The highest BCUT2D eigenvalue weighted by molar-refractivity contribution is 5.86. The van der Waals surface area contributed by atoms with Crippen molar-refractivity contribution in [2.24, 2.45) is 0 Å². The predicted octanol–water partition coefficient (Wildman–Crippen LogP) is 0.229. The Labute approximate surface area is 107 Å². The van der Waals surface area contributed by atoms with Gasteiger partial charge in [0.15, 0.2) is 0 Å². The molecule has 98 valence electrons. The van der Waals surface area contributed by atoms with Crippen molar-refractivity contribution < 1.29 is 4.79 Å². The van der Waals surface area contributed by atoms with Crippen LogP contribution in [0.1, 0.15) is 19.5 Å². The molecule has 1 aromatic heterocycles. The van der Waals surface area contributed by atoms with Crippen LogP contribution in [0.25, 0.3) is 0 Å². The molecule has 0 saturated carbocycles. The topological polar surface area (TPSA) is 70.2 Å². The molecule has 6 nitrogen and oxygen atoms in total. The van der Waals surface area contributed by atoms with Gasteiger partial charge >= 0.3 is 0 Å². The first kappa shape index (κ1) is 12.8. The fourth-order valence-corrected chi connectivity index (χ4v) is 1.98. The third kappa shape index (κ3) is 2.43. The summed E-state index contributed by atoms with van der Waals surface area (Å²) in [5.41, 5.74) is 0.374. The Hall–Kier alpha value is -1.69. The van der Waals surface area contributed by atoms with Crippen LogP contribution in [0.5, 0.6) is 0 Å². The minimum Gasteiger partial charge on any atom is -0.372 e. The lowest BCUT2D eigenvalue weighted by molar-refractivity contribution is -0.135. The Morgan fingerprint density at radius 1 is 1.44 bits per heavy atom. The van der Waals surface area contributed by atoms with Gasteiger partial charge in [-0.3, -0.25) is 14.7 Å². The maximum atomic E-state index is 11.8. The number of nitrogens with one attached hydrogen (secondary N) is 2. The number of hydrogen-bond acceptors (Lipinski definition) is 5. The van der Waals surface area contributed by atoms with Gasteiger partial charge in [-0.2, -0.15) is 0 Å². The van der Waals surface area contributed by atoms with Gasteiger partial charge in [-0.15, -0.1) is 0 Å². The van der Waals surface area contributed by atoms with E-state index in [1.165, 1.54) is 0 Å². The zero-order valence-electron chi connectivity index (χ0n) is 11.0. The highest BCUT2D eigenvalue weighted by Gasteiger charge is 2.37. The maximum Gasteiger partial charge on any atom is 0.240 e. The molecule has 6 heteroatoms. The fraction of sp³-hybridized carbons (Fsp3) is 0.583. The third-order valence-electron chi connectivity index (χ3n) is 3.33. The van der Waals surface area contributed by atoms with Gasteiger partial charge in [-0.25, -0.2) is 4.98 Å². The van der Waals surface area contributed by atoms with Gasteiger partial charge in [0, 0.05) is 26.7 Å². The SMILES string of the molecule is CNc1cnc(CN2CCNC(=O)C2(C)C)cn1. The van der Waals surface area contributed by atoms with Crippen molar-refractivity contribution in [1.82, 2.24) is 20.2 Å². The number of aromatic nitrogens is 2. The first-order valence-electron chi connectivity index (χ1n) is 6.06. The minimum absolute atomic E-state index is 0.0635. The van der Waals surface area contributed by atoms with Gasteiger partial charge in [0.2, 0.25) is 5.91 Å². The van der Waals surface area contributed by atoms with Crippen LogP contribution in [-0.4, -0.2) is 46.5 Å². The fourth-order valence-electron chi connectivity index (χ4n) is 1.98. The normalized spacial score (nSPS) is 19.4. The van der Waals surface area contributed by atoms with Gasteiger partial charge in [0.25, 0.3) is 0 Å². The van der Waals surface area contributed by atoms with E-state index >= 15 is 0 Å². The average molecular weight is 249 g/mol. The van der Waals surface area contributed by atoms with Gasteiger partial charge in [-0.05, 0) is 13.8 Å². The van der Waals surface area contributed by atoms with Gasteiger partial charge in [0.05, 0.1) is 23.6 Å². The van der Waals surface area contributed by atoms with Crippen LogP contribution in [0.3, 0.4) is 0 Å². The third-order valence-corrected chi connectivity index (χ3v) is 3.33. The van der Waals surface area contributed by atoms with Gasteiger partial charge in [-0.1, -0.05) is 0 Å². The Balaban J connectivity index is 2.09. The number of hydrogen-bond donors (Lipinski definition) is 2. The molecule has 0 spiro atoms. The van der Waals surface area contributed by atoms with E-state index < -0.39 is 5.54 Å². The summed E-state index contributed by atoms with van der Waals surface area (Å²) in [6, 6.07) is 0. The van der Waals surface area contributed by atoms with E-state index in [0.29, 0.717) is 13.1 Å². The van der Waals surface area contributed by atoms with E-state index in [0.717, 1.165) is 18.1 Å². The number of amides is 1. The lowest BCUT2D eigenvalue weighted by Gasteiger charge is -2.40. The summed E-state index contributed by atoms with van der Waals surface area (Å²) in [6.45, 7) is 6.00. The summed E-state index contributed by atoms with van der Waals surface area (Å²) in [4.78, 5) is 22.5. The molecule has 1 aromatic rings. The lowest BCUT2D eigenvalue weighted by Crippen LogP contribution is -2.61. The molecular formula is C12H19N5O. The van der Waals surface area contributed by atoms with Crippen molar-refractivity contribution >= 4 is 11.7 Å². The first-order valence-corrected chi connectivity index (χ1v) is 6.06. The van der Waals surface area contributed by atoms with Gasteiger partial charge < -0.3 is 10.6 Å². The van der Waals surface area contributed by atoms with E-state index in [4.69, 9.17) is 0 Å². The van der Waals surface area contributed by atoms with Crippen molar-refractivity contribution in [1.29, 1.82) is 0 Å². The second kappa shape index (κ2) is 4.89. The van der Waals surface area contributed by atoms with E-state index in [-0.39, 0.29) is 5.91 Å². The Bertz CT molecular complexity index is 429. The molecule has 1 amide bonds. The van der Waals surface area contributed by atoms with Crippen molar-refractivity contribution in [3.63, 3.8) is 0 Å². The number of carbonyl (C=O) groups is 1. The second-order valence-electron chi connectivity index (χ2n) is 4.88. The number of nitrogens with zero attached hydrogens (tertiary/aromatic N) is 3. The van der Waals surface area contributed by atoms with Crippen LogP contribution in [0.15, 0.2) is 12.4 Å². The molecule has 2 heterocycles. The Morgan fingerprint density at radius 3 is 2.83 bits per heavy atom. The van der Waals surface area contributed by atoms with Crippen LogP contribution >= 0.6 is 0 Å². The molecule has 1 saturated heterocycles. The van der Waals surface area contributed by atoms with Crippen LogP contribution in [0.4, 0.5) is 5.82 Å². The molecule has 1 fully saturated rings. The number of rotatable bonds is 3. The number of carbonyl (C=O) groups excluding carboxylic acids is 1. The van der Waals surface area contributed by atoms with Crippen molar-refractivity contribution in [3.05, 3.63) is 18.1 Å². The molecule has 0 atom stereocenters. The standard InChI is InChI=1S/C12H19N5O/c1-12(2)11(18)14-4-5-17(12)8-9-6-16-10(13-3)7-15-9/h6-7H,4-5,8H2,1-3H3,(H,13,16)(H,14,18). The molecule has 0 unspecified atom stereocenters. The molecule has 18 heavy (non-hydrogen) atoms. The van der Waals surface area contributed by atoms with E-state index in [1.807, 2.05) is 20.9 Å². The molecule has 2 N–H and O–H groups in total. The van der Waals surface area contributed by atoms with Crippen LogP contribution in [-0.2, 0) is 11.3 Å². The number of piperazine rings is 1. The summed E-state index contributed by atoms with van der Waals surface area (Å²) in [6.07, 6.45) is 3.45. The molecule has 0 bridgehead atoms. The van der Waals surface area contributed by atoms with Crippen molar-refractivity contribution in [3.8, 4) is 0 Å². The zero-order chi connectivity index (χ0) is 13.2. The van der Waals surface area contributed by atoms with Gasteiger partial charge in [0.1, 0.15) is 5.82 Å². The average Bonchev–Trinajstić information content (AvgIpc) is 2.36. The quantitative estimate of drug-likeness (QED) is 0.802. The summed E-state index contributed by atoms with van der Waals surface area (Å²) < 4.78 is 0. The molecule has 2 rings (SSSR count). The zero-order valence-corrected chi connectivity index (χ0v) is 11.0. The number of anilines is 1. The van der Waals surface area contributed by atoms with E-state index in [2.05, 4.69) is 25.5 Å². The molecule has 0 aliphatic carbocycles. The summed E-state index contributed by atoms with van der Waals surface area (Å²) in [5, 5.41) is 5.81. The molecule has 1 aliphatic rings. The Morgan fingerprint density at radius 2 is 2.22 bits per heavy atom. The summed E-state index contributed by atoms with van der Waals surface area (Å²) in [7, 11) is 1.81. The smallest absolute Gasteiger partial charge is 0.240 e. The summed E-state index contributed by atoms with van der Waals surface area (Å²) in [5.74, 6) is 0.808. The predicted molar refractivity (Wildman–Crippen MR) is 69.1 cm³/mol. The molecule has 0 radical (unpaired) electrons. The van der Waals surface area contributed by atoms with Crippen LogP contribution in [0.2, 0.25) is 0 Å². The first-order chi connectivity index (χ1) is 8.54. The molecule has 0 aromatic carbocycles.